The van der Waals surface area contributed by atoms with Crippen LogP contribution in [0.5, 0.6) is 0 Å². The molecule has 94 valence electrons. The molecule has 1 fully saturated rings. The van der Waals surface area contributed by atoms with Gasteiger partial charge in [0.05, 0.1) is 6.61 Å². The average Bonchev–Trinajstić information content (AvgIpc) is 2.39. The summed E-state index contributed by atoms with van der Waals surface area (Å²) in [5, 5.41) is 3.38. The summed E-state index contributed by atoms with van der Waals surface area (Å²) in [5.41, 5.74) is 2.73. The Kier molecular flexibility index (Phi) is 4.98. The van der Waals surface area contributed by atoms with Gasteiger partial charge in [0, 0.05) is 39.3 Å². The summed E-state index contributed by atoms with van der Waals surface area (Å²) in [5.74, 6) is 0. The summed E-state index contributed by atoms with van der Waals surface area (Å²) in [6, 6.07) is 8.60. The molecule has 0 amide bonds. The third-order valence-corrected chi connectivity index (χ3v) is 3.18. The predicted molar refractivity (Wildman–Crippen MR) is 69.9 cm³/mol. The smallest absolute Gasteiger partial charge is 0.0719 e. The van der Waals surface area contributed by atoms with Gasteiger partial charge >= 0.3 is 0 Å². The summed E-state index contributed by atoms with van der Waals surface area (Å²) in [6.07, 6.45) is 0. The first-order valence-corrected chi connectivity index (χ1v) is 6.47. The van der Waals surface area contributed by atoms with E-state index in [0.717, 1.165) is 45.9 Å². The maximum absolute atomic E-state index is 5.52. The Bertz CT molecular complexity index is 335. The molecule has 0 unspecified atom stereocenters. The van der Waals surface area contributed by atoms with Crippen molar-refractivity contribution in [2.24, 2.45) is 0 Å². The van der Waals surface area contributed by atoms with E-state index in [2.05, 4.69) is 34.5 Å². The standard InChI is InChI=1S/C14H22N2O/c1-2-17-12-14-6-4-3-5-13(14)11-16-9-7-15-8-10-16/h3-6,15H,2,7-12H2,1H3. The Morgan fingerprint density at radius 2 is 1.88 bits per heavy atom. The van der Waals surface area contributed by atoms with E-state index in [9.17, 15) is 0 Å². The average molecular weight is 234 g/mol. The molecule has 3 nitrogen and oxygen atoms in total. The zero-order valence-corrected chi connectivity index (χ0v) is 10.6. The molecule has 0 atom stereocenters. The van der Waals surface area contributed by atoms with Gasteiger partial charge in [0.15, 0.2) is 0 Å². The lowest BCUT2D eigenvalue weighted by Gasteiger charge is -2.28. The molecule has 1 saturated heterocycles. The Labute approximate surface area is 104 Å². The van der Waals surface area contributed by atoms with Gasteiger partial charge in [0.25, 0.3) is 0 Å². The highest BCUT2D eigenvalue weighted by molar-refractivity contribution is 5.26. The van der Waals surface area contributed by atoms with Crippen molar-refractivity contribution in [1.29, 1.82) is 0 Å². The zero-order chi connectivity index (χ0) is 11.9. The van der Waals surface area contributed by atoms with E-state index < -0.39 is 0 Å². The fraction of sp³-hybridized carbons (Fsp3) is 0.571. The number of hydrogen-bond donors (Lipinski definition) is 1. The maximum atomic E-state index is 5.52. The molecule has 2 rings (SSSR count). The summed E-state index contributed by atoms with van der Waals surface area (Å²) < 4.78 is 5.52. The molecule has 1 aromatic carbocycles. The number of nitrogens with zero attached hydrogens (tertiary/aromatic N) is 1. The van der Waals surface area contributed by atoms with E-state index in [1.807, 2.05) is 6.92 Å². The first-order chi connectivity index (χ1) is 8.40. The molecule has 0 radical (unpaired) electrons. The van der Waals surface area contributed by atoms with Crippen LogP contribution in [0.15, 0.2) is 24.3 Å². The van der Waals surface area contributed by atoms with Crippen molar-refractivity contribution in [3.8, 4) is 0 Å². The minimum atomic E-state index is 0.735. The molecule has 1 heterocycles. The number of benzene rings is 1. The number of piperazine rings is 1. The van der Waals surface area contributed by atoms with Gasteiger partial charge in [-0.1, -0.05) is 24.3 Å². The predicted octanol–water partition coefficient (Wildman–Crippen LogP) is 1.63. The molecule has 0 spiro atoms. The van der Waals surface area contributed by atoms with E-state index in [-0.39, 0.29) is 0 Å². The van der Waals surface area contributed by atoms with Crippen molar-refractivity contribution >= 4 is 0 Å². The number of hydrogen-bond acceptors (Lipinski definition) is 3. The van der Waals surface area contributed by atoms with E-state index in [0.29, 0.717) is 0 Å². The maximum Gasteiger partial charge on any atom is 0.0719 e. The summed E-state index contributed by atoms with van der Waals surface area (Å²) in [7, 11) is 0. The number of ether oxygens (including phenoxy) is 1. The van der Waals surface area contributed by atoms with Crippen LogP contribution in [0, 0.1) is 0 Å². The van der Waals surface area contributed by atoms with Crippen LogP contribution in [0.4, 0.5) is 0 Å². The van der Waals surface area contributed by atoms with Gasteiger partial charge in [0.2, 0.25) is 0 Å². The lowest BCUT2D eigenvalue weighted by atomic mass is 10.1. The molecule has 1 aliphatic heterocycles. The summed E-state index contributed by atoms with van der Waals surface area (Å²) in [4.78, 5) is 2.50. The molecule has 1 N–H and O–H groups in total. The molecular weight excluding hydrogens is 212 g/mol. The topological polar surface area (TPSA) is 24.5 Å². The minimum Gasteiger partial charge on any atom is -0.377 e. The van der Waals surface area contributed by atoms with Crippen molar-refractivity contribution in [2.75, 3.05) is 32.8 Å². The molecule has 0 aliphatic carbocycles. The van der Waals surface area contributed by atoms with Gasteiger partial charge in [-0.2, -0.15) is 0 Å². The van der Waals surface area contributed by atoms with Crippen molar-refractivity contribution in [2.45, 2.75) is 20.1 Å². The van der Waals surface area contributed by atoms with Crippen LogP contribution in [-0.2, 0) is 17.9 Å². The lowest BCUT2D eigenvalue weighted by molar-refractivity contribution is 0.132. The second-order valence-electron chi connectivity index (χ2n) is 4.43. The Morgan fingerprint density at radius 3 is 2.59 bits per heavy atom. The van der Waals surface area contributed by atoms with E-state index in [1.54, 1.807) is 0 Å². The van der Waals surface area contributed by atoms with Crippen molar-refractivity contribution in [1.82, 2.24) is 10.2 Å². The van der Waals surface area contributed by atoms with Gasteiger partial charge in [-0.25, -0.2) is 0 Å². The van der Waals surface area contributed by atoms with Crippen LogP contribution in [-0.4, -0.2) is 37.7 Å². The molecule has 1 aromatic rings. The lowest BCUT2D eigenvalue weighted by Crippen LogP contribution is -2.43. The molecule has 0 aromatic heterocycles. The Balaban J connectivity index is 1.98. The summed E-state index contributed by atoms with van der Waals surface area (Å²) in [6.45, 7) is 9.10. The highest BCUT2D eigenvalue weighted by Gasteiger charge is 2.11. The highest BCUT2D eigenvalue weighted by Crippen LogP contribution is 2.13. The number of nitrogens with one attached hydrogen (secondary N) is 1. The minimum absolute atomic E-state index is 0.735. The molecule has 0 saturated carbocycles. The first kappa shape index (κ1) is 12.6. The SMILES string of the molecule is CCOCc1ccccc1CN1CCNCC1. The molecular formula is C14H22N2O. The van der Waals surface area contributed by atoms with Crippen molar-refractivity contribution in [3.05, 3.63) is 35.4 Å². The second kappa shape index (κ2) is 6.74. The summed E-state index contributed by atoms with van der Waals surface area (Å²) >= 11 is 0. The van der Waals surface area contributed by atoms with E-state index in [1.165, 1.54) is 11.1 Å². The highest BCUT2D eigenvalue weighted by atomic mass is 16.5. The van der Waals surface area contributed by atoms with Crippen LogP contribution in [0.25, 0.3) is 0 Å². The fourth-order valence-electron chi connectivity index (χ4n) is 2.17. The van der Waals surface area contributed by atoms with Gasteiger partial charge in [-0.05, 0) is 18.1 Å². The zero-order valence-electron chi connectivity index (χ0n) is 10.6. The third-order valence-electron chi connectivity index (χ3n) is 3.18. The van der Waals surface area contributed by atoms with Crippen LogP contribution >= 0.6 is 0 Å². The van der Waals surface area contributed by atoms with Crippen LogP contribution in [0.2, 0.25) is 0 Å². The van der Waals surface area contributed by atoms with Gasteiger partial charge in [-0.15, -0.1) is 0 Å². The molecule has 1 aliphatic rings. The van der Waals surface area contributed by atoms with Gasteiger partial charge in [-0.3, -0.25) is 4.90 Å². The second-order valence-corrected chi connectivity index (χ2v) is 4.43. The Hall–Kier alpha value is -0.900. The monoisotopic (exact) mass is 234 g/mol. The van der Waals surface area contributed by atoms with Crippen LogP contribution in [0.1, 0.15) is 18.1 Å². The first-order valence-electron chi connectivity index (χ1n) is 6.47. The van der Waals surface area contributed by atoms with E-state index in [4.69, 9.17) is 4.74 Å². The van der Waals surface area contributed by atoms with Gasteiger partial charge < -0.3 is 10.1 Å². The van der Waals surface area contributed by atoms with Crippen molar-refractivity contribution < 1.29 is 4.74 Å². The largest absolute Gasteiger partial charge is 0.377 e. The molecule has 3 heteroatoms. The number of rotatable bonds is 5. The molecule has 17 heavy (non-hydrogen) atoms. The van der Waals surface area contributed by atoms with Crippen molar-refractivity contribution in [3.63, 3.8) is 0 Å². The van der Waals surface area contributed by atoms with Crippen LogP contribution in [0.3, 0.4) is 0 Å². The van der Waals surface area contributed by atoms with Crippen LogP contribution < -0.4 is 5.32 Å². The fourth-order valence-corrected chi connectivity index (χ4v) is 2.17. The quantitative estimate of drug-likeness (QED) is 0.838. The Morgan fingerprint density at radius 1 is 1.18 bits per heavy atom. The van der Waals surface area contributed by atoms with E-state index >= 15 is 0 Å². The van der Waals surface area contributed by atoms with Gasteiger partial charge in [0.1, 0.15) is 0 Å². The third kappa shape index (κ3) is 3.80. The normalized spacial score (nSPS) is 17.2. The molecule has 0 bridgehead atoms.